The van der Waals surface area contributed by atoms with Crippen LogP contribution in [0.1, 0.15) is 123 Å². The first-order valence-corrected chi connectivity index (χ1v) is 13.1. The van der Waals surface area contributed by atoms with E-state index in [-0.39, 0.29) is 42.6 Å². The molecule has 0 saturated carbocycles. The van der Waals surface area contributed by atoms with Crippen molar-refractivity contribution in [2.75, 3.05) is 6.61 Å². The maximum atomic E-state index is 11.9. The molecule has 0 saturated heterocycles. The molecule has 0 amide bonds. The average molecular weight is 445 g/mol. The summed E-state index contributed by atoms with van der Waals surface area (Å²) < 4.78 is 37.1. The van der Waals surface area contributed by atoms with Crippen LogP contribution in [0.4, 0.5) is 0 Å². The Hall–Kier alpha value is 0.380. The molecule has 170 valence electrons. The Morgan fingerprint density at radius 1 is 0.724 bits per heavy atom. The molecular weight excluding hydrogens is 399 g/mol. The third kappa shape index (κ3) is 20.1. The molecule has 1 atom stereocenters. The standard InChI is InChI=1S/C22H44O5S.Na.H/c1-3-5-7-8-9-10-11-12-13-14-15-16-17-18-19-21(28(24,25)26)22(23)27-20-6-4-2;;/h21H,3-20H2,1-2H3,(H,24,25,26);;. The predicted octanol–water partition coefficient (Wildman–Crippen LogP) is 5.81. The van der Waals surface area contributed by atoms with E-state index in [0.717, 1.165) is 25.7 Å². The maximum absolute atomic E-state index is 11.9. The van der Waals surface area contributed by atoms with Crippen molar-refractivity contribution in [3.8, 4) is 0 Å². The minimum absolute atomic E-state index is 0. The number of rotatable bonds is 20. The number of unbranched alkanes of at least 4 members (excludes halogenated alkanes) is 14. The van der Waals surface area contributed by atoms with Gasteiger partial charge in [0.25, 0.3) is 10.1 Å². The molecule has 29 heavy (non-hydrogen) atoms. The minimum atomic E-state index is -4.39. The first-order valence-electron chi connectivity index (χ1n) is 11.6. The fourth-order valence-corrected chi connectivity index (χ4v) is 4.10. The van der Waals surface area contributed by atoms with E-state index in [0.29, 0.717) is 12.8 Å². The van der Waals surface area contributed by atoms with Crippen LogP contribution in [0.5, 0.6) is 0 Å². The number of esters is 1. The quantitative estimate of drug-likeness (QED) is 0.111. The number of carbonyl (C=O) groups excluding carboxylic acids is 1. The van der Waals surface area contributed by atoms with E-state index in [1.54, 1.807) is 0 Å². The molecule has 0 aromatic heterocycles. The molecule has 0 rings (SSSR count). The van der Waals surface area contributed by atoms with Gasteiger partial charge in [-0.1, -0.05) is 110 Å². The van der Waals surface area contributed by atoms with Gasteiger partial charge in [0.2, 0.25) is 0 Å². The summed E-state index contributed by atoms with van der Waals surface area (Å²) in [4.78, 5) is 11.9. The van der Waals surface area contributed by atoms with E-state index < -0.39 is 21.3 Å². The van der Waals surface area contributed by atoms with E-state index in [4.69, 9.17) is 4.74 Å². The Kier molecular flexibility index (Phi) is 23.5. The monoisotopic (exact) mass is 444 g/mol. The van der Waals surface area contributed by atoms with Crippen molar-refractivity contribution in [1.82, 2.24) is 0 Å². The average Bonchev–Trinajstić information content (AvgIpc) is 2.64. The molecule has 0 bridgehead atoms. The van der Waals surface area contributed by atoms with Gasteiger partial charge in [-0.25, -0.2) is 0 Å². The molecule has 1 unspecified atom stereocenters. The van der Waals surface area contributed by atoms with Gasteiger partial charge in [0.15, 0.2) is 5.25 Å². The van der Waals surface area contributed by atoms with E-state index in [2.05, 4.69) is 6.92 Å². The van der Waals surface area contributed by atoms with Gasteiger partial charge >= 0.3 is 35.5 Å². The van der Waals surface area contributed by atoms with E-state index in [9.17, 15) is 17.8 Å². The van der Waals surface area contributed by atoms with Crippen molar-refractivity contribution in [1.29, 1.82) is 0 Å². The molecule has 0 aliphatic rings. The Morgan fingerprint density at radius 2 is 1.10 bits per heavy atom. The molecule has 1 N–H and O–H groups in total. The third-order valence-corrected chi connectivity index (χ3v) is 6.33. The van der Waals surface area contributed by atoms with Crippen LogP contribution in [0.2, 0.25) is 0 Å². The fourth-order valence-electron chi connectivity index (χ4n) is 3.32. The Labute approximate surface area is 202 Å². The predicted molar refractivity (Wildman–Crippen MR) is 123 cm³/mol. The van der Waals surface area contributed by atoms with Crippen LogP contribution in [-0.4, -0.2) is 60.4 Å². The Balaban J connectivity index is 0. The van der Waals surface area contributed by atoms with E-state index in [1.165, 1.54) is 64.2 Å². The van der Waals surface area contributed by atoms with Crippen molar-refractivity contribution < 1.29 is 22.5 Å². The second kappa shape index (κ2) is 21.6. The van der Waals surface area contributed by atoms with Gasteiger partial charge in [-0.15, -0.1) is 0 Å². The van der Waals surface area contributed by atoms with Crippen molar-refractivity contribution in [2.45, 2.75) is 128 Å². The van der Waals surface area contributed by atoms with Gasteiger partial charge in [0, 0.05) is 0 Å². The molecule has 0 radical (unpaired) electrons. The molecule has 0 heterocycles. The summed E-state index contributed by atoms with van der Waals surface area (Å²) >= 11 is 0. The van der Waals surface area contributed by atoms with Gasteiger partial charge in [0.1, 0.15) is 0 Å². The number of ether oxygens (including phenoxy) is 1. The van der Waals surface area contributed by atoms with Gasteiger partial charge < -0.3 is 4.74 Å². The van der Waals surface area contributed by atoms with E-state index >= 15 is 0 Å². The van der Waals surface area contributed by atoms with Gasteiger partial charge in [-0.05, 0) is 12.8 Å². The molecule has 0 aliphatic carbocycles. The molecule has 0 aromatic carbocycles. The Bertz CT molecular complexity index is 468. The van der Waals surface area contributed by atoms with Gasteiger partial charge in [-0.3, -0.25) is 9.35 Å². The van der Waals surface area contributed by atoms with Crippen LogP contribution in [0.3, 0.4) is 0 Å². The van der Waals surface area contributed by atoms with Crippen LogP contribution in [0.15, 0.2) is 0 Å². The van der Waals surface area contributed by atoms with E-state index in [1.807, 2.05) is 6.92 Å². The summed E-state index contributed by atoms with van der Waals surface area (Å²) in [6.07, 6.45) is 18.7. The zero-order valence-corrected chi connectivity index (χ0v) is 19.1. The molecular formula is C22H45NaO5S. The summed E-state index contributed by atoms with van der Waals surface area (Å²) in [5, 5.41) is -1.43. The van der Waals surface area contributed by atoms with Crippen LogP contribution < -0.4 is 0 Å². The number of carbonyl (C=O) groups is 1. The summed E-state index contributed by atoms with van der Waals surface area (Å²) in [5.41, 5.74) is 0. The van der Waals surface area contributed by atoms with Crippen LogP contribution >= 0.6 is 0 Å². The summed E-state index contributed by atoms with van der Waals surface area (Å²) in [6.45, 7) is 4.41. The topological polar surface area (TPSA) is 80.7 Å². The summed E-state index contributed by atoms with van der Waals surface area (Å²) in [5.74, 6) is -0.814. The van der Waals surface area contributed by atoms with Gasteiger partial charge in [-0.2, -0.15) is 8.42 Å². The third-order valence-electron chi connectivity index (χ3n) is 5.18. The summed E-state index contributed by atoms with van der Waals surface area (Å²) in [6, 6.07) is 0. The van der Waals surface area contributed by atoms with Crippen LogP contribution in [0, 0.1) is 0 Å². The first kappa shape index (κ1) is 31.6. The van der Waals surface area contributed by atoms with Crippen molar-refractivity contribution in [2.24, 2.45) is 0 Å². The molecule has 0 spiro atoms. The van der Waals surface area contributed by atoms with Crippen molar-refractivity contribution >= 4 is 45.6 Å². The Morgan fingerprint density at radius 3 is 1.48 bits per heavy atom. The molecule has 0 aromatic rings. The molecule has 0 fully saturated rings. The SMILES string of the molecule is CCCCCCCCCCCCCCCCC(C(=O)OCCCC)S(=O)(=O)O.[NaH]. The normalized spacial score (nSPS) is 12.4. The molecule has 7 heteroatoms. The zero-order chi connectivity index (χ0) is 21.1. The number of hydrogen-bond acceptors (Lipinski definition) is 4. The zero-order valence-electron chi connectivity index (χ0n) is 18.3. The van der Waals surface area contributed by atoms with Gasteiger partial charge in [0.05, 0.1) is 6.61 Å². The molecule has 5 nitrogen and oxygen atoms in total. The van der Waals surface area contributed by atoms with Crippen molar-refractivity contribution in [3.05, 3.63) is 0 Å². The number of hydrogen-bond donors (Lipinski definition) is 1. The first-order chi connectivity index (χ1) is 13.4. The van der Waals surface area contributed by atoms with Crippen LogP contribution in [0.25, 0.3) is 0 Å². The van der Waals surface area contributed by atoms with Crippen LogP contribution in [-0.2, 0) is 19.6 Å². The fraction of sp³-hybridized carbons (Fsp3) is 0.955. The molecule has 0 aliphatic heterocycles. The summed E-state index contributed by atoms with van der Waals surface area (Å²) in [7, 11) is -4.39. The van der Waals surface area contributed by atoms with Crippen molar-refractivity contribution in [3.63, 3.8) is 0 Å². The second-order valence-corrected chi connectivity index (χ2v) is 9.51. The second-order valence-electron chi connectivity index (χ2n) is 7.91.